The molecule has 22 heavy (non-hydrogen) atoms. The molecular weight excluding hydrogens is 300 g/mol. The first-order valence-electron chi connectivity index (χ1n) is 7.17. The number of pyridine rings is 1. The van der Waals surface area contributed by atoms with Crippen LogP contribution in [0.3, 0.4) is 0 Å². The van der Waals surface area contributed by atoms with E-state index in [2.05, 4.69) is 15.3 Å². The van der Waals surface area contributed by atoms with Crippen molar-refractivity contribution in [1.82, 2.24) is 20.2 Å². The zero-order valence-electron chi connectivity index (χ0n) is 12.0. The predicted molar refractivity (Wildman–Crippen MR) is 82.7 cm³/mol. The average Bonchev–Trinajstić information content (AvgIpc) is 3.24. The molecule has 0 atom stereocenters. The van der Waals surface area contributed by atoms with Crippen LogP contribution in [0, 0.1) is 0 Å². The van der Waals surface area contributed by atoms with E-state index < -0.39 is 0 Å². The summed E-state index contributed by atoms with van der Waals surface area (Å²) in [6.45, 7) is 1.89. The van der Waals surface area contributed by atoms with Crippen LogP contribution in [0.4, 0.5) is 0 Å². The molecular formula is C15H16N4O2S. The van der Waals surface area contributed by atoms with Crippen molar-refractivity contribution in [3.63, 3.8) is 0 Å². The van der Waals surface area contributed by atoms with E-state index in [0.29, 0.717) is 11.6 Å². The van der Waals surface area contributed by atoms with E-state index >= 15 is 0 Å². The normalized spacial score (nSPS) is 14.1. The van der Waals surface area contributed by atoms with Gasteiger partial charge in [-0.25, -0.2) is 4.98 Å². The quantitative estimate of drug-likeness (QED) is 0.931. The molecule has 0 saturated carbocycles. The Kier molecular flexibility index (Phi) is 4.43. The summed E-state index contributed by atoms with van der Waals surface area (Å²) in [5.41, 5.74) is 1.06. The van der Waals surface area contributed by atoms with E-state index in [1.165, 1.54) is 11.3 Å². The van der Waals surface area contributed by atoms with E-state index in [-0.39, 0.29) is 17.5 Å². The Morgan fingerprint density at radius 1 is 1.27 bits per heavy atom. The standard InChI is InChI=1S/C15H16N4O2S/c20-13(17-9-11-5-1-2-6-16-11)12-10-22-14(18-12)15(21)19-7-3-4-8-19/h1-2,5-6,10H,3-4,7-9H2,(H,17,20). The lowest BCUT2D eigenvalue weighted by Gasteiger charge is -2.12. The maximum atomic E-state index is 12.2. The van der Waals surface area contributed by atoms with Crippen molar-refractivity contribution in [2.75, 3.05) is 13.1 Å². The van der Waals surface area contributed by atoms with Crippen molar-refractivity contribution in [3.8, 4) is 0 Å². The molecule has 1 aliphatic heterocycles. The molecule has 0 aliphatic carbocycles. The van der Waals surface area contributed by atoms with E-state index in [4.69, 9.17) is 0 Å². The highest BCUT2D eigenvalue weighted by Crippen LogP contribution is 2.16. The van der Waals surface area contributed by atoms with Gasteiger partial charge in [-0.2, -0.15) is 0 Å². The lowest BCUT2D eigenvalue weighted by molar-refractivity contribution is 0.0792. The van der Waals surface area contributed by atoms with Gasteiger partial charge in [0.15, 0.2) is 5.01 Å². The fourth-order valence-corrected chi connectivity index (χ4v) is 3.06. The molecule has 2 aromatic heterocycles. The third-order valence-electron chi connectivity index (χ3n) is 3.47. The highest BCUT2D eigenvalue weighted by Gasteiger charge is 2.23. The Morgan fingerprint density at radius 2 is 2.09 bits per heavy atom. The maximum absolute atomic E-state index is 12.2. The Balaban J connectivity index is 1.60. The van der Waals surface area contributed by atoms with Crippen molar-refractivity contribution in [1.29, 1.82) is 0 Å². The number of nitrogens with one attached hydrogen (secondary N) is 1. The van der Waals surface area contributed by atoms with Crippen molar-refractivity contribution >= 4 is 23.2 Å². The van der Waals surface area contributed by atoms with Crippen LogP contribution in [0.1, 0.15) is 38.8 Å². The summed E-state index contributed by atoms with van der Waals surface area (Å²) < 4.78 is 0. The predicted octanol–water partition coefficient (Wildman–Crippen LogP) is 1.70. The Morgan fingerprint density at radius 3 is 2.82 bits per heavy atom. The van der Waals surface area contributed by atoms with E-state index in [0.717, 1.165) is 31.6 Å². The van der Waals surface area contributed by atoms with Gasteiger partial charge in [0.05, 0.1) is 12.2 Å². The van der Waals surface area contributed by atoms with Crippen LogP contribution in [0.25, 0.3) is 0 Å². The van der Waals surface area contributed by atoms with Gasteiger partial charge in [-0.05, 0) is 25.0 Å². The lowest BCUT2D eigenvalue weighted by Crippen LogP contribution is -2.28. The number of rotatable bonds is 4. The van der Waals surface area contributed by atoms with Gasteiger partial charge >= 0.3 is 0 Å². The van der Waals surface area contributed by atoms with Gasteiger partial charge in [0.25, 0.3) is 11.8 Å². The topological polar surface area (TPSA) is 75.2 Å². The first-order chi connectivity index (χ1) is 10.7. The van der Waals surface area contributed by atoms with Gasteiger partial charge in [0.2, 0.25) is 0 Å². The van der Waals surface area contributed by atoms with Gasteiger partial charge < -0.3 is 10.2 Å². The van der Waals surface area contributed by atoms with Gasteiger partial charge in [0, 0.05) is 24.7 Å². The third kappa shape index (κ3) is 3.30. The van der Waals surface area contributed by atoms with Crippen LogP contribution < -0.4 is 5.32 Å². The summed E-state index contributed by atoms with van der Waals surface area (Å²) in [6, 6.07) is 5.52. The zero-order chi connectivity index (χ0) is 15.4. The van der Waals surface area contributed by atoms with Crippen LogP contribution in [0.5, 0.6) is 0 Å². The second kappa shape index (κ2) is 6.65. The number of hydrogen-bond donors (Lipinski definition) is 1. The maximum Gasteiger partial charge on any atom is 0.282 e. The number of hydrogen-bond acceptors (Lipinski definition) is 5. The molecule has 0 spiro atoms. The summed E-state index contributed by atoms with van der Waals surface area (Å²) in [4.78, 5) is 34.3. The van der Waals surface area contributed by atoms with Gasteiger partial charge in [-0.1, -0.05) is 6.07 Å². The van der Waals surface area contributed by atoms with E-state index in [1.807, 2.05) is 18.2 Å². The monoisotopic (exact) mass is 316 g/mol. The molecule has 2 aromatic rings. The minimum atomic E-state index is -0.289. The highest BCUT2D eigenvalue weighted by molar-refractivity contribution is 7.11. The van der Waals surface area contributed by atoms with Crippen molar-refractivity contribution in [2.45, 2.75) is 19.4 Å². The molecule has 6 nitrogen and oxygen atoms in total. The molecule has 2 amide bonds. The molecule has 3 rings (SSSR count). The number of likely N-dealkylation sites (tertiary alicyclic amines) is 1. The van der Waals surface area contributed by atoms with Crippen molar-refractivity contribution in [3.05, 3.63) is 46.2 Å². The van der Waals surface area contributed by atoms with E-state index in [9.17, 15) is 9.59 Å². The molecule has 1 fully saturated rings. The molecule has 0 aromatic carbocycles. The molecule has 1 aliphatic rings. The number of thiazole rings is 1. The van der Waals surface area contributed by atoms with Crippen LogP contribution in [-0.2, 0) is 6.54 Å². The minimum Gasteiger partial charge on any atom is -0.345 e. The van der Waals surface area contributed by atoms with Crippen LogP contribution in [-0.4, -0.2) is 39.8 Å². The van der Waals surface area contributed by atoms with Crippen molar-refractivity contribution < 1.29 is 9.59 Å². The smallest absolute Gasteiger partial charge is 0.282 e. The number of aromatic nitrogens is 2. The summed E-state index contributed by atoms with van der Waals surface area (Å²) in [6.07, 6.45) is 3.75. The molecule has 0 bridgehead atoms. The molecule has 0 radical (unpaired) electrons. The zero-order valence-corrected chi connectivity index (χ0v) is 12.8. The molecule has 0 unspecified atom stereocenters. The summed E-state index contributed by atoms with van der Waals surface area (Å²) in [7, 11) is 0. The number of carbonyl (C=O) groups is 2. The third-order valence-corrected chi connectivity index (χ3v) is 4.30. The molecule has 3 heterocycles. The second-order valence-corrected chi connectivity index (χ2v) is 5.90. The van der Waals surface area contributed by atoms with E-state index in [1.54, 1.807) is 16.5 Å². The molecule has 114 valence electrons. The average molecular weight is 316 g/mol. The summed E-state index contributed by atoms with van der Waals surface area (Å²) in [5, 5.41) is 4.76. The highest BCUT2D eigenvalue weighted by atomic mass is 32.1. The fourth-order valence-electron chi connectivity index (χ4n) is 2.30. The van der Waals surface area contributed by atoms with Gasteiger partial charge in [-0.3, -0.25) is 14.6 Å². The van der Waals surface area contributed by atoms with Crippen LogP contribution in [0.2, 0.25) is 0 Å². The second-order valence-electron chi connectivity index (χ2n) is 5.04. The lowest BCUT2D eigenvalue weighted by atomic mass is 10.3. The van der Waals surface area contributed by atoms with Gasteiger partial charge in [-0.15, -0.1) is 11.3 Å². The van der Waals surface area contributed by atoms with Crippen molar-refractivity contribution in [2.24, 2.45) is 0 Å². The number of amides is 2. The summed E-state index contributed by atoms with van der Waals surface area (Å²) >= 11 is 1.22. The fraction of sp³-hybridized carbons (Fsp3) is 0.333. The van der Waals surface area contributed by atoms with Gasteiger partial charge in [0.1, 0.15) is 5.69 Å². The SMILES string of the molecule is O=C(NCc1ccccn1)c1csc(C(=O)N2CCCC2)n1. The molecule has 7 heteroatoms. The largest absolute Gasteiger partial charge is 0.345 e. The Bertz CT molecular complexity index is 665. The molecule has 1 saturated heterocycles. The van der Waals surface area contributed by atoms with Crippen LogP contribution in [0.15, 0.2) is 29.8 Å². The van der Waals surface area contributed by atoms with Crippen LogP contribution >= 0.6 is 11.3 Å². The first kappa shape index (κ1) is 14.6. The Hall–Kier alpha value is -2.28. The summed E-state index contributed by atoms with van der Waals surface area (Å²) in [5.74, 6) is -0.367. The minimum absolute atomic E-state index is 0.0775. The number of nitrogens with zero attached hydrogens (tertiary/aromatic N) is 3. The Labute approximate surface area is 132 Å². The first-order valence-corrected chi connectivity index (χ1v) is 8.05. The molecule has 1 N–H and O–H groups in total. The number of carbonyl (C=O) groups excluding carboxylic acids is 2.